The van der Waals surface area contributed by atoms with Gasteiger partial charge in [-0.3, -0.25) is 4.68 Å². The topological polar surface area (TPSA) is 96.2 Å². The second-order valence-electron chi connectivity index (χ2n) is 4.63. The number of amides is 2. The van der Waals surface area contributed by atoms with Gasteiger partial charge in [-0.25, -0.2) is 9.59 Å². The molecule has 2 rings (SSSR count). The molecule has 8 heteroatoms. The Bertz CT molecular complexity index is 649. The maximum absolute atomic E-state index is 11.8. The van der Waals surface area contributed by atoms with Crippen molar-refractivity contribution in [3.8, 4) is 0 Å². The van der Waals surface area contributed by atoms with Gasteiger partial charge in [-0.1, -0.05) is 0 Å². The number of hydrogen-bond donors (Lipinski definition) is 3. The van der Waals surface area contributed by atoms with Gasteiger partial charge in [0.05, 0.1) is 6.20 Å². The molecule has 21 heavy (non-hydrogen) atoms. The van der Waals surface area contributed by atoms with Gasteiger partial charge in [0.25, 0.3) is 0 Å². The van der Waals surface area contributed by atoms with Crippen LogP contribution in [-0.2, 0) is 18.4 Å². The summed E-state index contributed by atoms with van der Waals surface area (Å²) in [6.45, 7) is 2.32. The molecular formula is C13H16N4O3S. The van der Waals surface area contributed by atoms with Gasteiger partial charge in [-0.15, -0.1) is 0 Å². The first kappa shape index (κ1) is 15.0. The molecule has 2 aromatic rings. The molecule has 0 spiro atoms. The lowest BCUT2D eigenvalue weighted by molar-refractivity contribution is -0.139. The number of carbonyl (C=O) groups excluding carboxylic acids is 1. The Kier molecular flexibility index (Phi) is 4.59. The summed E-state index contributed by atoms with van der Waals surface area (Å²) in [6, 6.07) is -1.65. The highest BCUT2D eigenvalue weighted by Gasteiger charge is 2.23. The van der Waals surface area contributed by atoms with Gasteiger partial charge in [-0.05, 0) is 28.8 Å². The molecule has 0 aliphatic heterocycles. The second-order valence-corrected chi connectivity index (χ2v) is 5.37. The quantitative estimate of drug-likeness (QED) is 0.778. The standard InChI is InChI=1S/C13H16N4O3S/c1-8-6-21-7-10(8)3-14-13(20)16-11(12(18)19)9-4-15-17(2)5-9/h4-7,11H,3H2,1-2H3,(H,18,19)(H2,14,16,20). The van der Waals surface area contributed by atoms with Crippen LogP contribution in [0.25, 0.3) is 0 Å². The Labute approximate surface area is 125 Å². The summed E-state index contributed by atoms with van der Waals surface area (Å²) in [5, 5.41) is 22.1. The zero-order chi connectivity index (χ0) is 15.4. The number of aryl methyl sites for hydroxylation is 2. The first-order chi connectivity index (χ1) is 9.97. The minimum absolute atomic E-state index is 0.362. The highest BCUT2D eigenvalue weighted by Crippen LogP contribution is 2.14. The van der Waals surface area contributed by atoms with Crippen molar-refractivity contribution in [1.82, 2.24) is 20.4 Å². The molecule has 0 aliphatic carbocycles. The van der Waals surface area contributed by atoms with E-state index in [4.69, 9.17) is 0 Å². The average molecular weight is 308 g/mol. The van der Waals surface area contributed by atoms with Crippen LogP contribution in [0.5, 0.6) is 0 Å². The predicted octanol–water partition coefficient (Wildman–Crippen LogP) is 1.42. The number of carboxylic acids is 1. The van der Waals surface area contributed by atoms with Crippen LogP contribution in [-0.4, -0.2) is 26.9 Å². The Morgan fingerprint density at radius 3 is 2.76 bits per heavy atom. The van der Waals surface area contributed by atoms with Crippen molar-refractivity contribution in [2.45, 2.75) is 19.5 Å². The molecule has 7 nitrogen and oxygen atoms in total. The minimum Gasteiger partial charge on any atom is -0.479 e. The zero-order valence-corrected chi connectivity index (χ0v) is 12.5. The van der Waals surface area contributed by atoms with Crippen molar-refractivity contribution in [1.29, 1.82) is 0 Å². The van der Waals surface area contributed by atoms with Crippen LogP contribution in [0.2, 0.25) is 0 Å². The Hall–Kier alpha value is -2.35. The van der Waals surface area contributed by atoms with Gasteiger partial charge in [0, 0.05) is 25.4 Å². The summed E-state index contributed by atoms with van der Waals surface area (Å²) in [5.41, 5.74) is 2.54. The van der Waals surface area contributed by atoms with Gasteiger partial charge in [0.2, 0.25) is 0 Å². The first-order valence-electron chi connectivity index (χ1n) is 6.24. The van der Waals surface area contributed by atoms with Gasteiger partial charge < -0.3 is 15.7 Å². The van der Waals surface area contributed by atoms with E-state index in [1.54, 1.807) is 24.6 Å². The number of aliphatic carboxylic acids is 1. The monoisotopic (exact) mass is 308 g/mol. The Morgan fingerprint density at radius 2 is 2.24 bits per heavy atom. The van der Waals surface area contributed by atoms with Crippen molar-refractivity contribution in [2.75, 3.05) is 0 Å². The van der Waals surface area contributed by atoms with E-state index < -0.39 is 18.0 Å². The number of nitrogens with zero attached hydrogens (tertiary/aromatic N) is 2. The largest absolute Gasteiger partial charge is 0.479 e. The molecule has 0 saturated carbocycles. The van der Waals surface area contributed by atoms with E-state index in [9.17, 15) is 14.7 Å². The number of rotatable bonds is 5. The van der Waals surface area contributed by atoms with Crippen molar-refractivity contribution in [2.24, 2.45) is 7.05 Å². The second kappa shape index (κ2) is 6.40. The van der Waals surface area contributed by atoms with Crippen molar-refractivity contribution in [3.05, 3.63) is 39.8 Å². The summed E-state index contributed by atoms with van der Waals surface area (Å²) in [4.78, 5) is 23.1. The van der Waals surface area contributed by atoms with Gasteiger partial charge in [-0.2, -0.15) is 16.4 Å². The number of thiophene rings is 1. The molecule has 112 valence electrons. The smallest absolute Gasteiger partial charge is 0.331 e. The van der Waals surface area contributed by atoms with E-state index in [0.29, 0.717) is 12.1 Å². The normalized spacial score (nSPS) is 11.9. The molecular weight excluding hydrogens is 292 g/mol. The Morgan fingerprint density at radius 1 is 1.48 bits per heavy atom. The highest BCUT2D eigenvalue weighted by molar-refractivity contribution is 7.08. The fourth-order valence-corrected chi connectivity index (χ4v) is 2.66. The molecule has 2 amide bonds. The summed E-state index contributed by atoms with van der Waals surface area (Å²) < 4.78 is 1.49. The minimum atomic E-state index is -1.13. The molecule has 0 bridgehead atoms. The zero-order valence-electron chi connectivity index (χ0n) is 11.7. The third kappa shape index (κ3) is 3.82. The van der Waals surface area contributed by atoms with Crippen molar-refractivity contribution >= 4 is 23.3 Å². The fraction of sp³-hybridized carbons (Fsp3) is 0.308. The van der Waals surface area contributed by atoms with E-state index in [2.05, 4.69) is 15.7 Å². The number of carbonyl (C=O) groups is 2. The van der Waals surface area contributed by atoms with Crippen LogP contribution in [0.1, 0.15) is 22.7 Å². The molecule has 0 fully saturated rings. The third-order valence-corrected chi connectivity index (χ3v) is 3.89. The van der Waals surface area contributed by atoms with Crippen LogP contribution in [0.15, 0.2) is 23.2 Å². The van der Waals surface area contributed by atoms with Crippen molar-refractivity contribution in [3.63, 3.8) is 0 Å². The molecule has 3 N–H and O–H groups in total. The molecule has 0 saturated heterocycles. The molecule has 1 atom stereocenters. The van der Waals surface area contributed by atoms with Gasteiger partial charge in [0.15, 0.2) is 6.04 Å². The number of carboxylic acid groups (broad SMARTS) is 1. The van der Waals surface area contributed by atoms with Gasteiger partial charge >= 0.3 is 12.0 Å². The van der Waals surface area contributed by atoms with E-state index in [0.717, 1.165) is 11.1 Å². The maximum atomic E-state index is 11.8. The summed E-state index contributed by atoms with van der Waals surface area (Å²) in [5.74, 6) is -1.13. The van der Waals surface area contributed by atoms with Crippen LogP contribution < -0.4 is 10.6 Å². The van der Waals surface area contributed by atoms with E-state index in [1.165, 1.54) is 10.9 Å². The SMILES string of the molecule is Cc1cscc1CNC(=O)NC(C(=O)O)c1cnn(C)c1. The molecule has 0 aromatic carbocycles. The Balaban J connectivity index is 1.96. The van der Waals surface area contributed by atoms with Crippen LogP contribution >= 0.6 is 11.3 Å². The van der Waals surface area contributed by atoms with Crippen molar-refractivity contribution < 1.29 is 14.7 Å². The lowest BCUT2D eigenvalue weighted by atomic mass is 10.1. The van der Waals surface area contributed by atoms with Gasteiger partial charge in [0.1, 0.15) is 0 Å². The third-order valence-electron chi connectivity index (χ3n) is 2.98. The van der Waals surface area contributed by atoms with E-state index in [1.807, 2.05) is 17.7 Å². The molecule has 2 heterocycles. The van der Waals surface area contributed by atoms with E-state index >= 15 is 0 Å². The number of hydrogen-bond acceptors (Lipinski definition) is 4. The van der Waals surface area contributed by atoms with Crippen LogP contribution in [0, 0.1) is 6.92 Å². The molecule has 0 radical (unpaired) electrons. The molecule has 2 aromatic heterocycles. The maximum Gasteiger partial charge on any atom is 0.331 e. The first-order valence-corrected chi connectivity index (χ1v) is 7.19. The predicted molar refractivity (Wildman–Crippen MR) is 78.0 cm³/mol. The summed E-state index contributed by atoms with van der Waals surface area (Å²) in [7, 11) is 1.68. The number of urea groups is 1. The molecule has 0 aliphatic rings. The summed E-state index contributed by atoms with van der Waals surface area (Å²) >= 11 is 1.56. The van der Waals surface area contributed by atoms with E-state index in [-0.39, 0.29) is 0 Å². The number of aromatic nitrogens is 2. The average Bonchev–Trinajstić information content (AvgIpc) is 3.02. The number of nitrogens with one attached hydrogen (secondary N) is 2. The van der Waals surface area contributed by atoms with Crippen LogP contribution in [0.3, 0.4) is 0 Å². The molecule has 1 unspecified atom stereocenters. The summed E-state index contributed by atoms with van der Waals surface area (Å²) in [6.07, 6.45) is 2.98. The lowest BCUT2D eigenvalue weighted by Crippen LogP contribution is -2.40. The van der Waals surface area contributed by atoms with Crippen LogP contribution in [0.4, 0.5) is 4.79 Å². The fourth-order valence-electron chi connectivity index (χ4n) is 1.80. The lowest BCUT2D eigenvalue weighted by Gasteiger charge is -2.13. The highest BCUT2D eigenvalue weighted by atomic mass is 32.1.